The van der Waals surface area contributed by atoms with Crippen molar-refractivity contribution in [1.82, 2.24) is 5.32 Å². The molecule has 0 radical (unpaired) electrons. The van der Waals surface area contributed by atoms with E-state index >= 15 is 0 Å². The predicted octanol–water partition coefficient (Wildman–Crippen LogP) is 2.42. The van der Waals surface area contributed by atoms with Crippen LogP contribution in [0.5, 0.6) is 0 Å². The van der Waals surface area contributed by atoms with E-state index in [0.29, 0.717) is 0 Å². The van der Waals surface area contributed by atoms with Gasteiger partial charge in [-0.15, -0.1) is 0 Å². The van der Waals surface area contributed by atoms with Crippen LogP contribution in [0.2, 0.25) is 0 Å². The Bertz CT molecular complexity index is 154. The van der Waals surface area contributed by atoms with Gasteiger partial charge in [-0.05, 0) is 19.5 Å². The van der Waals surface area contributed by atoms with E-state index in [0.717, 1.165) is 6.54 Å². The minimum absolute atomic E-state index is 1.11. The third-order valence-electron chi connectivity index (χ3n) is 1.45. The Labute approximate surface area is 87.7 Å². The lowest BCUT2D eigenvalue weighted by atomic mass is 10.2. The van der Waals surface area contributed by atoms with Crippen LogP contribution in [0.4, 0.5) is 13.2 Å². The number of hydrogen-bond donors (Lipinski definition) is 2. The second-order valence-corrected chi connectivity index (χ2v) is 2.86. The monoisotopic (exact) mass is 229 g/mol. The summed E-state index contributed by atoms with van der Waals surface area (Å²) in [5.41, 5.74) is 0. The first kappa shape index (κ1) is 16.6. The summed E-state index contributed by atoms with van der Waals surface area (Å²) in [6.07, 6.45) is -1.05. The van der Waals surface area contributed by atoms with Crippen LogP contribution < -0.4 is 5.32 Å². The lowest BCUT2D eigenvalue weighted by Gasteiger charge is -1.97. The fourth-order valence-electron chi connectivity index (χ4n) is 0.677. The van der Waals surface area contributed by atoms with Gasteiger partial charge in [0.05, 0.1) is 0 Å². The molecule has 0 saturated heterocycles. The van der Waals surface area contributed by atoms with Crippen molar-refractivity contribution < 1.29 is 23.1 Å². The summed E-state index contributed by atoms with van der Waals surface area (Å²) in [4.78, 5) is 8.90. The summed E-state index contributed by atoms with van der Waals surface area (Å²) in [5.74, 6) is -2.76. The lowest BCUT2D eigenvalue weighted by molar-refractivity contribution is -0.192. The molecule has 0 bridgehead atoms. The Morgan fingerprint density at radius 3 is 2.00 bits per heavy atom. The van der Waals surface area contributed by atoms with Gasteiger partial charge in [0.25, 0.3) is 0 Å². The highest BCUT2D eigenvalue weighted by Crippen LogP contribution is 2.13. The maximum atomic E-state index is 10.6. The number of hydrogen-bond acceptors (Lipinski definition) is 2. The highest BCUT2D eigenvalue weighted by atomic mass is 19.4. The zero-order chi connectivity index (χ0) is 12.3. The molecule has 0 saturated carbocycles. The summed E-state index contributed by atoms with van der Waals surface area (Å²) in [5, 5.41) is 10.4. The Hall–Kier alpha value is -0.780. The number of nitrogens with one attached hydrogen (secondary N) is 1. The summed E-state index contributed by atoms with van der Waals surface area (Å²) < 4.78 is 31.7. The largest absolute Gasteiger partial charge is 0.490 e. The van der Waals surface area contributed by atoms with Gasteiger partial charge < -0.3 is 10.4 Å². The van der Waals surface area contributed by atoms with Crippen LogP contribution in [0.1, 0.15) is 33.1 Å². The molecule has 6 heteroatoms. The van der Waals surface area contributed by atoms with E-state index in [1.807, 2.05) is 0 Å². The average molecular weight is 229 g/mol. The fraction of sp³-hybridized carbons (Fsp3) is 0.889. The second-order valence-electron chi connectivity index (χ2n) is 2.86. The van der Waals surface area contributed by atoms with Gasteiger partial charge in [0.15, 0.2) is 0 Å². The molecular weight excluding hydrogens is 211 g/mol. The number of aliphatic carboxylic acids is 1. The quantitative estimate of drug-likeness (QED) is 0.712. The SMILES string of the molecule is CCCCCNCC.O=C(O)C(F)(F)F. The molecule has 0 heterocycles. The van der Waals surface area contributed by atoms with Crippen LogP contribution >= 0.6 is 0 Å². The van der Waals surface area contributed by atoms with E-state index in [9.17, 15) is 13.2 Å². The second kappa shape index (κ2) is 9.76. The highest BCUT2D eigenvalue weighted by molar-refractivity contribution is 5.73. The van der Waals surface area contributed by atoms with Gasteiger partial charge in [-0.3, -0.25) is 0 Å². The maximum Gasteiger partial charge on any atom is 0.490 e. The Kier molecular flexibility index (Phi) is 10.8. The number of carboxylic acids is 1. The van der Waals surface area contributed by atoms with Crippen molar-refractivity contribution in [2.45, 2.75) is 39.3 Å². The van der Waals surface area contributed by atoms with Gasteiger partial charge in [-0.1, -0.05) is 26.7 Å². The number of carbonyl (C=O) groups is 1. The zero-order valence-corrected chi connectivity index (χ0v) is 9.02. The van der Waals surface area contributed by atoms with Crippen molar-refractivity contribution in [1.29, 1.82) is 0 Å². The van der Waals surface area contributed by atoms with Crippen molar-refractivity contribution in [2.24, 2.45) is 0 Å². The topological polar surface area (TPSA) is 49.3 Å². The molecule has 92 valence electrons. The molecule has 0 aromatic heterocycles. The number of unbranched alkanes of at least 4 members (excludes halogenated alkanes) is 2. The van der Waals surface area contributed by atoms with Gasteiger partial charge >= 0.3 is 12.1 Å². The molecule has 0 aliphatic carbocycles. The molecule has 3 nitrogen and oxygen atoms in total. The van der Waals surface area contributed by atoms with Crippen molar-refractivity contribution in [3.8, 4) is 0 Å². The number of halogens is 3. The Morgan fingerprint density at radius 2 is 1.73 bits per heavy atom. The molecule has 0 fully saturated rings. The molecule has 15 heavy (non-hydrogen) atoms. The number of rotatable bonds is 5. The molecule has 0 aromatic rings. The summed E-state index contributed by atoms with van der Waals surface area (Å²) in [7, 11) is 0. The van der Waals surface area contributed by atoms with Gasteiger partial charge in [0, 0.05) is 0 Å². The van der Waals surface area contributed by atoms with Gasteiger partial charge in [0.1, 0.15) is 0 Å². The summed E-state index contributed by atoms with van der Waals surface area (Å²) in [6.45, 7) is 6.69. The van der Waals surface area contributed by atoms with E-state index < -0.39 is 12.1 Å². The summed E-state index contributed by atoms with van der Waals surface area (Å²) >= 11 is 0. The molecule has 0 aromatic carbocycles. The molecule has 0 spiro atoms. The van der Waals surface area contributed by atoms with Crippen molar-refractivity contribution in [3.63, 3.8) is 0 Å². The first-order valence-electron chi connectivity index (χ1n) is 4.87. The van der Waals surface area contributed by atoms with E-state index in [1.165, 1.54) is 25.8 Å². The van der Waals surface area contributed by atoms with Gasteiger partial charge in [-0.25, -0.2) is 4.79 Å². The third-order valence-corrected chi connectivity index (χ3v) is 1.45. The minimum atomic E-state index is -5.08. The molecule has 0 aliphatic heterocycles. The van der Waals surface area contributed by atoms with E-state index in [-0.39, 0.29) is 0 Å². The van der Waals surface area contributed by atoms with E-state index in [1.54, 1.807) is 0 Å². The normalized spacial score (nSPS) is 10.5. The van der Waals surface area contributed by atoms with Crippen LogP contribution in [0.15, 0.2) is 0 Å². The van der Waals surface area contributed by atoms with E-state index in [4.69, 9.17) is 9.90 Å². The zero-order valence-electron chi connectivity index (χ0n) is 9.02. The van der Waals surface area contributed by atoms with Crippen LogP contribution in [0, 0.1) is 0 Å². The molecule has 0 atom stereocenters. The summed E-state index contributed by atoms with van der Waals surface area (Å²) in [6, 6.07) is 0. The van der Waals surface area contributed by atoms with Crippen molar-refractivity contribution in [3.05, 3.63) is 0 Å². The Morgan fingerprint density at radius 1 is 1.27 bits per heavy atom. The molecule has 0 amide bonds. The molecule has 0 unspecified atom stereocenters. The first-order chi connectivity index (χ1) is 6.86. The predicted molar refractivity (Wildman–Crippen MR) is 51.8 cm³/mol. The highest BCUT2D eigenvalue weighted by Gasteiger charge is 2.38. The van der Waals surface area contributed by atoms with Gasteiger partial charge in [-0.2, -0.15) is 13.2 Å². The molecular formula is C9H18F3NO2. The minimum Gasteiger partial charge on any atom is -0.475 e. The van der Waals surface area contributed by atoms with E-state index in [2.05, 4.69) is 19.2 Å². The maximum absolute atomic E-state index is 10.6. The molecule has 2 N–H and O–H groups in total. The first-order valence-corrected chi connectivity index (χ1v) is 4.87. The van der Waals surface area contributed by atoms with Crippen LogP contribution in [0.25, 0.3) is 0 Å². The fourth-order valence-corrected chi connectivity index (χ4v) is 0.677. The third kappa shape index (κ3) is 15.9. The average Bonchev–Trinajstić information content (AvgIpc) is 2.12. The standard InChI is InChI=1S/C7H17N.C2HF3O2/c1-3-5-6-7-8-4-2;3-2(4,5)1(6)7/h8H,3-7H2,1-2H3;(H,6,7). The Balaban J connectivity index is 0. The van der Waals surface area contributed by atoms with Crippen LogP contribution in [0.3, 0.4) is 0 Å². The van der Waals surface area contributed by atoms with Crippen molar-refractivity contribution in [2.75, 3.05) is 13.1 Å². The number of carboxylic acid groups (broad SMARTS) is 1. The molecule has 0 aliphatic rings. The van der Waals surface area contributed by atoms with Crippen LogP contribution in [-0.2, 0) is 4.79 Å². The lowest BCUT2D eigenvalue weighted by Crippen LogP contribution is -2.21. The molecule has 0 rings (SSSR count). The van der Waals surface area contributed by atoms with Crippen molar-refractivity contribution >= 4 is 5.97 Å². The smallest absolute Gasteiger partial charge is 0.475 e. The van der Waals surface area contributed by atoms with Crippen LogP contribution in [-0.4, -0.2) is 30.3 Å². The number of alkyl halides is 3. The van der Waals surface area contributed by atoms with Gasteiger partial charge in [0.2, 0.25) is 0 Å².